The molecule has 0 aromatic carbocycles. The average molecular weight is 340 g/mol. The van der Waals surface area contributed by atoms with E-state index >= 15 is 0 Å². The van der Waals surface area contributed by atoms with Gasteiger partial charge in [0, 0.05) is 36.2 Å². The number of aliphatic hydroxyl groups excluding tert-OH is 1. The van der Waals surface area contributed by atoms with Gasteiger partial charge in [0.1, 0.15) is 11.7 Å². The monoisotopic (exact) mass is 339 g/mol. The van der Waals surface area contributed by atoms with E-state index in [1.165, 1.54) is 18.3 Å². The van der Waals surface area contributed by atoms with Gasteiger partial charge < -0.3 is 14.7 Å². The third-order valence-electron chi connectivity index (χ3n) is 4.54. The van der Waals surface area contributed by atoms with Gasteiger partial charge in [-0.15, -0.1) is 17.8 Å². The molecular formula is C16H18ClNO3S. The molecule has 1 aromatic rings. The molecular weight excluding hydrogens is 322 g/mol. The predicted octanol–water partition coefficient (Wildman–Crippen LogP) is 2.69. The van der Waals surface area contributed by atoms with Crippen LogP contribution < -0.4 is 0 Å². The number of ether oxygens (including phenoxy) is 1. The van der Waals surface area contributed by atoms with E-state index in [4.69, 9.17) is 22.8 Å². The van der Waals surface area contributed by atoms with Crippen molar-refractivity contribution >= 4 is 28.8 Å². The number of hydrogen-bond acceptors (Lipinski definition) is 4. The number of fused-ring (bicyclic) bond motifs is 2. The highest BCUT2D eigenvalue weighted by molar-refractivity contribution is 7.16. The predicted molar refractivity (Wildman–Crippen MR) is 85.8 cm³/mol. The molecule has 4 nitrogen and oxygen atoms in total. The van der Waals surface area contributed by atoms with Crippen molar-refractivity contribution in [2.75, 3.05) is 6.61 Å². The molecule has 0 unspecified atom stereocenters. The Kier molecular flexibility index (Phi) is 3.98. The molecule has 0 radical (unpaired) electrons. The van der Waals surface area contributed by atoms with E-state index in [1.54, 1.807) is 4.90 Å². The van der Waals surface area contributed by atoms with Crippen LogP contribution in [0.1, 0.15) is 43.2 Å². The first-order valence-corrected chi connectivity index (χ1v) is 8.44. The number of aliphatic hydroxyl groups is 1. The number of thiophene rings is 1. The summed E-state index contributed by atoms with van der Waals surface area (Å²) >= 11 is 7.58. The van der Waals surface area contributed by atoms with Crippen LogP contribution in [0.4, 0.5) is 0 Å². The van der Waals surface area contributed by atoms with E-state index in [0.717, 1.165) is 10.4 Å². The lowest BCUT2D eigenvalue weighted by Gasteiger charge is -2.50. The summed E-state index contributed by atoms with van der Waals surface area (Å²) in [4.78, 5) is 14.6. The van der Waals surface area contributed by atoms with Crippen LogP contribution in [0, 0.1) is 12.3 Å². The number of piperidine rings is 1. The number of rotatable bonds is 0. The van der Waals surface area contributed by atoms with Crippen molar-refractivity contribution in [3.8, 4) is 12.3 Å². The quantitative estimate of drug-likeness (QED) is 0.739. The normalized spacial score (nSPS) is 34.3. The maximum atomic E-state index is 11.9. The second-order valence-electron chi connectivity index (χ2n) is 6.02. The van der Waals surface area contributed by atoms with Gasteiger partial charge >= 0.3 is 0 Å². The van der Waals surface area contributed by atoms with Crippen molar-refractivity contribution in [1.82, 2.24) is 4.90 Å². The van der Waals surface area contributed by atoms with Gasteiger partial charge in [-0.25, -0.2) is 0 Å². The summed E-state index contributed by atoms with van der Waals surface area (Å²) in [6.07, 6.45) is 6.19. The van der Waals surface area contributed by atoms with Gasteiger partial charge in [-0.2, -0.15) is 0 Å². The standard InChI is InChI=1S/C16H18ClNO3S/c1-4-11-7-16(6-9(2)18(11)10(3)19)15-12(5-14(17)22-15)13(20)8-21-16/h1,5,9,11,13,20H,6-8H2,2-3H3/t9-,11+,13+,16-/m0/s1. The summed E-state index contributed by atoms with van der Waals surface area (Å²) in [5, 5.41) is 10.1. The molecule has 6 heteroatoms. The maximum Gasteiger partial charge on any atom is 0.220 e. The summed E-state index contributed by atoms with van der Waals surface area (Å²) in [7, 11) is 0. The molecule has 0 aliphatic carbocycles. The Morgan fingerprint density at radius 3 is 3.00 bits per heavy atom. The van der Waals surface area contributed by atoms with Gasteiger partial charge in [-0.1, -0.05) is 17.5 Å². The largest absolute Gasteiger partial charge is 0.386 e. The zero-order valence-electron chi connectivity index (χ0n) is 12.5. The van der Waals surface area contributed by atoms with Crippen molar-refractivity contribution in [2.45, 2.75) is 50.5 Å². The molecule has 3 rings (SSSR count). The lowest BCUT2D eigenvalue weighted by molar-refractivity contribution is -0.159. The third-order valence-corrected chi connectivity index (χ3v) is 6.00. The number of likely N-dealkylation sites (tertiary alicyclic amines) is 1. The van der Waals surface area contributed by atoms with E-state index in [2.05, 4.69) is 5.92 Å². The van der Waals surface area contributed by atoms with Gasteiger partial charge in [-0.05, 0) is 13.0 Å². The summed E-state index contributed by atoms with van der Waals surface area (Å²) in [6, 6.07) is 1.46. The fourth-order valence-electron chi connectivity index (χ4n) is 3.72. The van der Waals surface area contributed by atoms with E-state index in [1.807, 2.05) is 13.0 Å². The Hall–Kier alpha value is -1.06. The molecule has 3 heterocycles. The lowest BCUT2D eigenvalue weighted by atomic mass is 9.78. The Bertz CT molecular complexity index is 652. The van der Waals surface area contributed by atoms with Crippen LogP contribution in [0.2, 0.25) is 4.34 Å². The molecule has 22 heavy (non-hydrogen) atoms. The van der Waals surface area contributed by atoms with Gasteiger partial charge in [0.2, 0.25) is 5.91 Å². The van der Waals surface area contributed by atoms with Gasteiger partial charge in [-0.3, -0.25) is 4.79 Å². The molecule has 4 atom stereocenters. The third kappa shape index (κ3) is 2.35. The van der Waals surface area contributed by atoms with E-state index in [0.29, 0.717) is 17.2 Å². The van der Waals surface area contributed by atoms with Crippen molar-refractivity contribution in [1.29, 1.82) is 0 Å². The van der Waals surface area contributed by atoms with Gasteiger partial charge in [0.05, 0.1) is 17.0 Å². The molecule has 1 spiro atoms. The number of amides is 1. The highest BCUT2D eigenvalue weighted by Gasteiger charge is 2.50. The molecule has 0 saturated carbocycles. The second kappa shape index (κ2) is 5.54. The Morgan fingerprint density at radius 1 is 1.64 bits per heavy atom. The molecule has 1 aromatic heterocycles. The average Bonchev–Trinajstić information content (AvgIpc) is 2.85. The second-order valence-corrected chi connectivity index (χ2v) is 7.71. The van der Waals surface area contributed by atoms with Gasteiger partial charge in [0.15, 0.2) is 0 Å². The number of nitrogens with zero attached hydrogens (tertiary/aromatic N) is 1. The first kappa shape index (κ1) is 15.8. The van der Waals surface area contributed by atoms with Crippen LogP contribution in [0.15, 0.2) is 6.07 Å². The minimum absolute atomic E-state index is 0.0226. The smallest absolute Gasteiger partial charge is 0.220 e. The SMILES string of the molecule is C#C[C@@H]1C[C@]2(C[C@H](C)N1C(C)=O)OC[C@@H](O)c1cc(Cl)sc12. The summed E-state index contributed by atoms with van der Waals surface area (Å²) in [5.74, 6) is 2.70. The fourth-order valence-corrected chi connectivity index (χ4v) is 5.17. The topological polar surface area (TPSA) is 49.8 Å². The fraction of sp³-hybridized carbons (Fsp3) is 0.562. The highest BCUT2D eigenvalue weighted by Crippen LogP contribution is 2.51. The van der Waals surface area contributed by atoms with E-state index < -0.39 is 11.7 Å². The molecule has 118 valence electrons. The molecule has 0 bridgehead atoms. The minimum Gasteiger partial charge on any atom is -0.386 e. The number of hydrogen-bond donors (Lipinski definition) is 1. The first-order chi connectivity index (χ1) is 10.4. The summed E-state index contributed by atoms with van der Waals surface area (Å²) in [5.41, 5.74) is 0.273. The van der Waals surface area contributed by atoms with Crippen molar-refractivity contribution in [3.05, 3.63) is 20.8 Å². The Balaban J connectivity index is 2.04. The molecule has 1 amide bonds. The Labute approximate surface area is 139 Å². The Morgan fingerprint density at radius 2 is 2.36 bits per heavy atom. The van der Waals surface area contributed by atoms with Crippen LogP contribution in [0.25, 0.3) is 0 Å². The lowest BCUT2D eigenvalue weighted by Crippen LogP contribution is -2.56. The van der Waals surface area contributed by atoms with Crippen molar-refractivity contribution < 1.29 is 14.6 Å². The zero-order valence-corrected chi connectivity index (χ0v) is 14.1. The number of halogens is 1. The molecule has 1 fully saturated rings. The van der Waals surface area contributed by atoms with Crippen LogP contribution in [0.3, 0.4) is 0 Å². The van der Waals surface area contributed by atoms with Crippen LogP contribution in [-0.4, -0.2) is 34.6 Å². The molecule has 1 N–H and O–H groups in total. The number of carbonyl (C=O) groups is 1. The maximum absolute atomic E-state index is 11.9. The summed E-state index contributed by atoms with van der Waals surface area (Å²) in [6.45, 7) is 3.75. The van der Waals surface area contributed by atoms with Crippen LogP contribution in [0.5, 0.6) is 0 Å². The number of terminal acetylenes is 1. The van der Waals surface area contributed by atoms with Gasteiger partial charge in [0.25, 0.3) is 0 Å². The molecule has 2 aliphatic heterocycles. The van der Waals surface area contributed by atoms with Crippen molar-refractivity contribution in [3.63, 3.8) is 0 Å². The first-order valence-electron chi connectivity index (χ1n) is 7.24. The van der Waals surface area contributed by atoms with E-state index in [9.17, 15) is 9.90 Å². The number of carbonyl (C=O) groups excluding carboxylic acids is 1. The zero-order chi connectivity index (χ0) is 16.1. The molecule has 2 aliphatic rings. The highest BCUT2D eigenvalue weighted by atomic mass is 35.5. The van der Waals surface area contributed by atoms with Crippen LogP contribution >= 0.6 is 22.9 Å². The van der Waals surface area contributed by atoms with E-state index in [-0.39, 0.29) is 24.6 Å². The summed E-state index contributed by atoms with van der Waals surface area (Å²) < 4.78 is 6.69. The van der Waals surface area contributed by atoms with Crippen molar-refractivity contribution in [2.24, 2.45) is 0 Å². The van der Waals surface area contributed by atoms with Crippen LogP contribution in [-0.2, 0) is 15.1 Å². The molecule has 1 saturated heterocycles. The minimum atomic E-state index is -0.658.